The van der Waals surface area contributed by atoms with Crippen LogP contribution in [0.1, 0.15) is 39.8 Å². The third-order valence-electron chi connectivity index (χ3n) is 6.08. The molecule has 0 bridgehead atoms. The van der Waals surface area contributed by atoms with Gasteiger partial charge in [0.1, 0.15) is 5.69 Å². The first kappa shape index (κ1) is 21.5. The van der Waals surface area contributed by atoms with Gasteiger partial charge in [-0.25, -0.2) is 4.98 Å². The van der Waals surface area contributed by atoms with E-state index < -0.39 is 0 Å². The highest BCUT2D eigenvalue weighted by Gasteiger charge is 2.24. The van der Waals surface area contributed by atoms with Crippen LogP contribution in [0.4, 0.5) is 5.69 Å². The molecule has 0 saturated carbocycles. The Morgan fingerprint density at radius 1 is 1.00 bits per heavy atom. The molecule has 1 N–H and O–H groups in total. The Morgan fingerprint density at radius 2 is 1.79 bits per heavy atom. The maximum atomic E-state index is 13.0. The largest absolute Gasteiger partial charge is 0.320 e. The maximum Gasteiger partial charge on any atom is 0.275 e. The van der Waals surface area contributed by atoms with E-state index in [1.807, 2.05) is 78.4 Å². The molecule has 1 aliphatic rings. The number of aromatic nitrogens is 2. The lowest BCUT2D eigenvalue weighted by Gasteiger charge is -2.30. The van der Waals surface area contributed by atoms with Gasteiger partial charge in [-0.05, 0) is 49.2 Å². The van der Waals surface area contributed by atoms with Gasteiger partial charge in [-0.15, -0.1) is 11.3 Å². The predicted octanol–water partition coefficient (Wildman–Crippen LogP) is 5.84. The Kier molecular flexibility index (Phi) is 6.56. The third kappa shape index (κ3) is 5.18. The minimum atomic E-state index is -0.158. The molecule has 0 spiro atoms. The molecule has 0 radical (unpaired) electrons. The fraction of sp³-hybridized carbons (Fsp3) is 0.222. The zero-order valence-corrected chi connectivity index (χ0v) is 19.2. The molecule has 0 unspecified atom stereocenters. The number of thiazole rings is 1. The van der Waals surface area contributed by atoms with Crippen molar-refractivity contribution in [2.75, 3.05) is 18.4 Å². The lowest BCUT2D eigenvalue weighted by atomic mass is 9.97. The number of carbonyl (C=O) groups is 1. The van der Waals surface area contributed by atoms with Gasteiger partial charge in [0, 0.05) is 41.5 Å². The van der Waals surface area contributed by atoms with Crippen molar-refractivity contribution in [1.82, 2.24) is 14.9 Å². The van der Waals surface area contributed by atoms with Gasteiger partial charge in [-0.3, -0.25) is 14.7 Å². The number of rotatable bonds is 6. The first-order valence-electron chi connectivity index (χ1n) is 11.3. The molecule has 1 saturated heterocycles. The van der Waals surface area contributed by atoms with Crippen LogP contribution in [0.25, 0.3) is 11.1 Å². The van der Waals surface area contributed by atoms with Crippen LogP contribution in [0.5, 0.6) is 0 Å². The van der Waals surface area contributed by atoms with Crippen molar-refractivity contribution >= 4 is 22.9 Å². The lowest BCUT2D eigenvalue weighted by molar-refractivity contribution is 0.102. The maximum absolute atomic E-state index is 13.0. The van der Waals surface area contributed by atoms with Crippen molar-refractivity contribution in [3.8, 4) is 11.1 Å². The molecule has 166 valence electrons. The molecule has 5 nitrogen and oxygen atoms in total. The minimum Gasteiger partial charge on any atom is -0.320 e. The van der Waals surface area contributed by atoms with E-state index in [0.29, 0.717) is 11.6 Å². The number of carbonyl (C=O) groups excluding carboxylic acids is 1. The van der Waals surface area contributed by atoms with E-state index >= 15 is 0 Å². The van der Waals surface area contributed by atoms with Crippen LogP contribution in [0.2, 0.25) is 0 Å². The number of para-hydroxylation sites is 1. The molecule has 1 fully saturated rings. The van der Waals surface area contributed by atoms with Crippen LogP contribution in [0, 0.1) is 0 Å². The molecular weight excluding hydrogens is 428 g/mol. The normalized spacial score (nSPS) is 14.8. The van der Waals surface area contributed by atoms with Gasteiger partial charge in [0.05, 0.1) is 5.01 Å². The zero-order valence-electron chi connectivity index (χ0n) is 18.4. The van der Waals surface area contributed by atoms with Crippen LogP contribution in [0.15, 0.2) is 84.5 Å². The topological polar surface area (TPSA) is 58.1 Å². The average molecular weight is 455 g/mol. The number of nitrogens with zero attached hydrogens (tertiary/aromatic N) is 3. The van der Waals surface area contributed by atoms with E-state index in [4.69, 9.17) is 4.98 Å². The van der Waals surface area contributed by atoms with Crippen LogP contribution in [0.3, 0.4) is 0 Å². The summed E-state index contributed by atoms with van der Waals surface area (Å²) < 4.78 is 0. The van der Waals surface area contributed by atoms with Crippen molar-refractivity contribution in [3.05, 3.63) is 101 Å². The van der Waals surface area contributed by atoms with Gasteiger partial charge in [-0.2, -0.15) is 0 Å². The molecule has 2 aromatic heterocycles. The minimum absolute atomic E-state index is 0.158. The number of benzene rings is 2. The molecule has 3 heterocycles. The Labute approximate surface area is 198 Å². The van der Waals surface area contributed by atoms with Crippen LogP contribution in [-0.4, -0.2) is 33.9 Å². The van der Waals surface area contributed by atoms with Gasteiger partial charge in [0.2, 0.25) is 0 Å². The number of piperidine rings is 1. The Balaban J connectivity index is 1.22. The predicted molar refractivity (Wildman–Crippen MR) is 133 cm³/mol. The van der Waals surface area contributed by atoms with E-state index in [-0.39, 0.29) is 5.91 Å². The molecular formula is C27H26N4OS. The van der Waals surface area contributed by atoms with Crippen LogP contribution < -0.4 is 5.32 Å². The highest BCUT2D eigenvalue weighted by molar-refractivity contribution is 7.10. The Bertz CT molecular complexity index is 1200. The van der Waals surface area contributed by atoms with E-state index in [2.05, 4.69) is 21.3 Å². The fourth-order valence-electron chi connectivity index (χ4n) is 4.32. The number of hydrogen-bond donors (Lipinski definition) is 1. The summed E-state index contributed by atoms with van der Waals surface area (Å²) in [5, 5.41) is 6.02. The van der Waals surface area contributed by atoms with Crippen LogP contribution in [-0.2, 0) is 6.54 Å². The summed E-state index contributed by atoms with van der Waals surface area (Å²) in [7, 11) is 0. The van der Waals surface area contributed by atoms with Gasteiger partial charge in [0.25, 0.3) is 5.91 Å². The summed E-state index contributed by atoms with van der Waals surface area (Å²) in [6.07, 6.45) is 5.87. The van der Waals surface area contributed by atoms with Gasteiger partial charge >= 0.3 is 0 Å². The van der Waals surface area contributed by atoms with Crippen molar-refractivity contribution in [3.63, 3.8) is 0 Å². The first-order chi connectivity index (χ1) is 16.3. The van der Waals surface area contributed by atoms with Crippen molar-refractivity contribution in [2.45, 2.75) is 25.3 Å². The molecule has 0 atom stereocenters. The van der Waals surface area contributed by atoms with Crippen LogP contribution >= 0.6 is 11.3 Å². The summed E-state index contributed by atoms with van der Waals surface area (Å²) in [5.41, 5.74) is 4.62. The van der Waals surface area contributed by atoms with E-state index in [1.54, 1.807) is 11.3 Å². The van der Waals surface area contributed by atoms with Gasteiger partial charge in [-0.1, -0.05) is 54.6 Å². The second kappa shape index (κ2) is 10.1. The van der Waals surface area contributed by atoms with Crippen molar-refractivity contribution in [1.29, 1.82) is 0 Å². The number of pyridine rings is 1. The molecule has 6 heteroatoms. The van der Waals surface area contributed by atoms with Crippen molar-refractivity contribution in [2.24, 2.45) is 0 Å². The molecule has 0 aliphatic carbocycles. The summed E-state index contributed by atoms with van der Waals surface area (Å²) in [4.78, 5) is 24.4. The quantitative estimate of drug-likeness (QED) is 0.398. The van der Waals surface area contributed by atoms with Crippen molar-refractivity contribution < 1.29 is 4.79 Å². The highest BCUT2D eigenvalue weighted by Crippen LogP contribution is 2.32. The number of likely N-dealkylation sites (tertiary alicyclic amines) is 1. The second-order valence-electron chi connectivity index (χ2n) is 8.35. The summed E-state index contributed by atoms with van der Waals surface area (Å²) >= 11 is 1.60. The number of nitrogens with one attached hydrogen (secondary N) is 1. The van der Waals surface area contributed by atoms with E-state index in [1.165, 1.54) is 5.56 Å². The highest BCUT2D eigenvalue weighted by atomic mass is 32.1. The fourth-order valence-corrected chi connectivity index (χ4v) is 5.29. The molecule has 1 amide bonds. The number of anilines is 1. The first-order valence-corrected chi connectivity index (χ1v) is 12.2. The summed E-state index contributed by atoms with van der Waals surface area (Å²) in [6, 6.07) is 22.1. The number of amides is 1. The molecule has 1 aliphatic heterocycles. The SMILES string of the molecule is O=C(Nc1ccccc1-c1ccccc1)c1csc(C2CCN(Cc3cccnc3)CC2)n1. The second-order valence-corrected chi connectivity index (χ2v) is 9.24. The molecule has 5 rings (SSSR count). The van der Waals surface area contributed by atoms with Gasteiger partial charge < -0.3 is 5.32 Å². The molecule has 4 aromatic rings. The summed E-state index contributed by atoms with van der Waals surface area (Å²) in [6.45, 7) is 3.00. The summed E-state index contributed by atoms with van der Waals surface area (Å²) in [5.74, 6) is 0.258. The molecule has 2 aromatic carbocycles. The monoisotopic (exact) mass is 454 g/mol. The average Bonchev–Trinajstić information content (AvgIpc) is 3.37. The van der Waals surface area contributed by atoms with Gasteiger partial charge in [0.15, 0.2) is 0 Å². The smallest absolute Gasteiger partial charge is 0.275 e. The zero-order chi connectivity index (χ0) is 22.5. The lowest BCUT2D eigenvalue weighted by Crippen LogP contribution is -2.32. The van der Waals surface area contributed by atoms with E-state index in [0.717, 1.165) is 54.3 Å². The Morgan fingerprint density at radius 3 is 2.58 bits per heavy atom. The number of hydrogen-bond acceptors (Lipinski definition) is 5. The van der Waals surface area contributed by atoms with E-state index in [9.17, 15) is 4.79 Å². The standard InChI is InChI=1S/C27H26N4OS/c32-26(29-24-11-5-4-10-23(24)21-8-2-1-3-9-21)25-19-33-27(30-25)22-12-15-31(16-13-22)18-20-7-6-14-28-17-20/h1-11,14,17,19,22H,12-13,15-16,18H2,(H,29,32). The molecule has 33 heavy (non-hydrogen) atoms. The Hall–Kier alpha value is -3.35. The third-order valence-corrected chi connectivity index (χ3v) is 7.09.